The lowest BCUT2D eigenvalue weighted by atomic mass is 10.0. The Morgan fingerprint density at radius 2 is 1.94 bits per heavy atom. The second-order valence-corrected chi connectivity index (χ2v) is 9.09. The molecule has 6 heteroatoms. The van der Waals surface area contributed by atoms with Gasteiger partial charge in [0.05, 0.1) is 11.6 Å². The fourth-order valence-corrected chi connectivity index (χ4v) is 4.06. The van der Waals surface area contributed by atoms with Crippen LogP contribution in [0.15, 0.2) is 42.7 Å². The van der Waals surface area contributed by atoms with E-state index in [0.717, 1.165) is 22.0 Å². The van der Waals surface area contributed by atoms with Crippen LogP contribution in [-0.4, -0.2) is 33.9 Å². The number of aromatic nitrogens is 2. The van der Waals surface area contributed by atoms with E-state index in [9.17, 15) is 4.79 Å². The van der Waals surface area contributed by atoms with Crippen molar-refractivity contribution in [2.75, 3.05) is 6.61 Å². The van der Waals surface area contributed by atoms with Gasteiger partial charge in [-0.05, 0) is 75.9 Å². The zero-order valence-corrected chi connectivity index (χ0v) is 18.9. The minimum atomic E-state index is -0.526. The molecular formula is C25H29N3O3. The van der Waals surface area contributed by atoms with Crippen molar-refractivity contribution in [2.24, 2.45) is 7.05 Å². The highest BCUT2D eigenvalue weighted by molar-refractivity contribution is 6.14. The van der Waals surface area contributed by atoms with E-state index in [1.165, 1.54) is 21.9 Å². The Hall–Kier alpha value is -3.28. The third kappa shape index (κ3) is 4.15. The summed E-state index contributed by atoms with van der Waals surface area (Å²) in [4.78, 5) is 16.2. The van der Waals surface area contributed by atoms with Crippen LogP contribution in [0.5, 0.6) is 5.75 Å². The molecule has 0 spiro atoms. The number of benzene rings is 2. The first kappa shape index (κ1) is 21.0. The van der Waals surface area contributed by atoms with E-state index in [1.807, 2.05) is 46.2 Å². The summed E-state index contributed by atoms with van der Waals surface area (Å²) in [6.45, 7) is 9.92. The molecule has 4 aromatic rings. The number of nitrogens with one attached hydrogen (secondary N) is 1. The maximum absolute atomic E-state index is 11.9. The van der Waals surface area contributed by atoms with E-state index < -0.39 is 11.7 Å². The molecule has 0 fully saturated rings. The minimum Gasteiger partial charge on any atom is -0.491 e. The number of carbonyl (C=O) groups is 1. The number of amides is 1. The molecule has 0 unspecified atom stereocenters. The quantitative estimate of drug-likeness (QED) is 0.476. The maximum atomic E-state index is 11.9. The van der Waals surface area contributed by atoms with Gasteiger partial charge in [0, 0.05) is 41.1 Å². The fourth-order valence-electron chi connectivity index (χ4n) is 4.06. The summed E-state index contributed by atoms with van der Waals surface area (Å²) in [7, 11) is 2.10. The van der Waals surface area contributed by atoms with Crippen molar-refractivity contribution in [1.29, 1.82) is 0 Å². The molecule has 6 nitrogen and oxygen atoms in total. The summed E-state index contributed by atoms with van der Waals surface area (Å²) in [5.74, 6) is 0.766. The molecule has 0 aliphatic rings. The van der Waals surface area contributed by atoms with Gasteiger partial charge in [0.2, 0.25) is 0 Å². The molecule has 0 aliphatic carbocycles. The molecular weight excluding hydrogens is 390 g/mol. The zero-order valence-electron chi connectivity index (χ0n) is 18.9. The maximum Gasteiger partial charge on any atom is 0.407 e. The van der Waals surface area contributed by atoms with Crippen LogP contribution in [0.2, 0.25) is 0 Å². The summed E-state index contributed by atoms with van der Waals surface area (Å²) < 4.78 is 13.5. The number of fused-ring (bicyclic) bond motifs is 4. The largest absolute Gasteiger partial charge is 0.491 e. The van der Waals surface area contributed by atoms with Crippen LogP contribution < -0.4 is 10.1 Å². The average molecular weight is 420 g/mol. The van der Waals surface area contributed by atoms with Crippen molar-refractivity contribution in [3.05, 3.63) is 48.3 Å². The second-order valence-electron chi connectivity index (χ2n) is 9.09. The first-order valence-electron chi connectivity index (χ1n) is 10.5. The monoisotopic (exact) mass is 419 g/mol. The summed E-state index contributed by atoms with van der Waals surface area (Å²) in [6.07, 6.45) is 3.30. The first-order chi connectivity index (χ1) is 14.6. The Labute approximate surface area is 182 Å². The standard InChI is InChI=1S/C25H29N3O3/c1-15(27-24(29)31-25(3,4)5)14-30-18-7-8-22-20(12-18)21-11-17-13-26-10-9-19(17)16(2)23(21)28(22)6/h7-13,15H,14H2,1-6H3,(H,27,29)/t15-/m0/s1. The highest BCUT2D eigenvalue weighted by Gasteiger charge is 2.18. The van der Waals surface area contributed by atoms with Crippen LogP contribution in [0.1, 0.15) is 33.3 Å². The van der Waals surface area contributed by atoms with Crippen molar-refractivity contribution in [1.82, 2.24) is 14.9 Å². The normalized spacial score (nSPS) is 13.0. The van der Waals surface area contributed by atoms with Crippen molar-refractivity contribution in [3.63, 3.8) is 0 Å². The Kier molecular flexibility index (Phi) is 5.25. The predicted molar refractivity (Wildman–Crippen MR) is 125 cm³/mol. The number of hydrogen-bond acceptors (Lipinski definition) is 4. The topological polar surface area (TPSA) is 65.4 Å². The SMILES string of the molecule is Cc1c2ccncc2cc2c3cc(OC[C@H](C)NC(=O)OC(C)(C)C)ccc3n(C)c12. The molecule has 0 radical (unpaired) electrons. The van der Waals surface area contributed by atoms with Gasteiger partial charge in [0.25, 0.3) is 0 Å². The summed E-state index contributed by atoms with van der Waals surface area (Å²) in [6, 6.07) is 10.2. The lowest BCUT2D eigenvalue weighted by molar-refractivity contribution is 0.0494. The Morgan fingerprint density at radius 1 is 1.16 bits per heavy atom. The van der Waals surface area contributed by atoms with Gasteiger partial charge < -0.3 is 19.4 Å². The number of aryl methyl sites for hydroxylation is 2. The average Bonchev–Trinajstić information content (AvgIpc) is 2.97. The van der Waals surface area contributed by atoms with Crippen molar-refractivity contribution >= 4 is 38.7 Å². The highest BCUT2D eigenvalue weighted by atomic mass is 16.6. The lowest BCUT2D eigenvalue weighted by Gasteiger charge is -2.22. The van der Waals surface area contributed by atoms with Crippen molar-refractivity contribution in [3.8, 4) is 5.75 Å². The lowest BCUT2D eigenvalue weighted by Crippen LogP contribution is -2.40. The zero-order chi connectivity index (χ0) is 22.3. The van der Waals surface area contributed by atoms with Crippen LogP contribution in [0, 0.1) is 6.92 Å². The Balaban J connectivity index is 1.61. The molecule has 2 aromatic heterocycles. The van der Waals surface area contributed by atoms with Gasteiger partial charge in [-0.25, -0.2) is 4.79 Å². The van der Waals surface area contributed by atoms with Gasteiger partial charge in [-0.2, -0.15) is 0 Å². The Morgan fingerprint density at radius 3 is 2.68 bits per heavy atom. The second kappa shape index (κ2) is 7.76. The van der Waals surface area contributed by atoms with Gasteiger partial charge in [-0.3, -0.25) is 4.98 Å². The number of carbonyl (C=O) groups excluding carboxylic acids is 1. The number of nitrogens with zero attached hydrogens (tertiary/aromatic N) is 2. The summed E-state index contributed by atoms with van der Waals surface area (Å²) in [5, 5.41) is 7.47. The molecule has 0 saturated carbocycles. The van der Waals surface area contributed by atoms with E-state index in [2.05, 4.69) is 53.1 Å². The molecule has 0 bridgehead atoms. The molecule has 162 valence electrons. The van der Waals surface area contributed by atoms with E-state index in [1.54, 1.807) is 0 Å². The Bertz CT molecular complexity index is 1280. The smallest absolute Gasteiger partial charge is 0.407 e. The number of pyridine rings is 1. The number of alkyl carbamates (subject to hydrolysis) is 1. The molecule has 0 aliphatic heterocycles. The van der Waals surface area contributed by atoms with E-state index in [4.69, 9.17) is 9.47 Å². The van der Waals surface area contributed by atoms with Crippen LogP contribution in [0.25, 0.3) is 32.6 Å². The molecule has 1 N–H and O–H groups in total. The van der Waals surface area contributed by atoms with E-state index in [0.29, 0.717) is 6.61 Å². The van der Waals surface area contributed by atoms with E-state index >= 15 is 0 Å². The van der Waals surface area contributed by atoms with Crippen LogP contribution >= 0.6 is 0 Å². The highest BCUT2D eigenvalue weighted by Crippen LogP contribution is 2.36. The van der Waals surface area contributed by atoms with Crippen molar-refractivity contribution < 1.29 is 14.3 Å². The minimum absolute atomic E-state index is 0.185. The van der Waals surface area contributed by atoms with Crippen LogP contribution in [0.3, 0.4) is 0 Å². The molecule has 2 aromatic carbocycles. The van der Waals surface area contributed by atoms with Crippen LogP contribution in [0.4, 0.5) is 4.79 Å². The molecule has 0 saturated heterocycles. The van der Waals surface area contributed by atoms with Gasteiger partial charge in [0.15, 0.2) is 0 Å². The third-order valence-corrected chi connectivity index (χ3v) is 5.38. The van der Waals surface area contributed by atoms with Crippen LogP contribution in [-0.2, 0) is 11.8 Å². The summed E-state index contributed by atoms with van der Waals surface area (Å²) in [5.41, 5.74) is 3.08. The van der Waals surface area contributed by atoms with Gasteiger partial charge >= 0.3 is 6.09 Å². The molecule has 1 amide bonds. The summed E-state index contributed by atoms with van der Waals surface area (Å²) >= 11 is 0. The fraction of sp³-hybridized carbons (Fsp3) is 0.360. The first-order valence-corrected chi connectivity index (χ1v) is 10.5. The molecule has 31 heavy (non-hydrogen) atoms. The molecule has 4 rings (SSSR count). The van der Waals surface area contributed by atoms with Gasteiger partial charge in [0.1, 0.15) is 18.0 Å². The third-order valence-electron chi connectivity index (χ3n) is 5.38. The van der Waals surface area contributed by atoms with Gasteiger partial charge in [-0.1, -0.05) is 0 Å². The number of hydrogen-bond donors (Lipinski definition) is 1. The van der Waals surface area contributed by atoms with Gasteiger partial charge in [-0.15, -0.1) is 0 Å². The van der Waals surface area contributed by atoms with E-state index in [-0.39, 0.29) is 6.04 Å². The number of rotatable bonds is 4. The number of ether oxygens (including phenoxy) is 2. The van der Waals surface area contributed by atoms with Crippen molar-refractivity contribution in [2.45, 2.75) is 46.3 Å². The molecule has 1 atom stereocenters. The molecule has 2 heterocycles. The predicted octanol–water partition coefficient (Wildman–Crippen LogP) is 5.48.